The molecule has 0 spiro atoms. The van der Waals surface area contributed by atoms with Crippen molar-refractivity contribution in [3.63, 3.8) is 0 Å². The zero-order chi connectivity index (χ0) is 17.3. The van der Waals surface area contributed by atoms with Crippen LogP contribution in [0.2, 0.25) is 5.02 Å². The highest BCUT2D eigenvalue weighted by Gasteiger charge is 2.27. The van der Waals surface area contributed by atoms with Crippen LogP contribution in [0.4, 0.5) is 4.39 Å². The maximum atomic E-state index is 13.3. The fourth-order valence-electron chi connectivity index (χ4n) is 2.51. The van der Waals surface area contributed by atoms with E-state index >= 15 is 0 Å². The van der Waals surface area contributed by atoms with Gasteiger partial charge in [0.1, 0.15) is 12.4 Å². The van der Waals surface area contributed by atoms with Crippen LogP contribution in [0, 0.1) is 5.82 Å². The zero-order valence-corrected chi connectivity index (χ0v) is 13.8. The van der Waals surface area contributed by atoms with E-state index in [2.05, 4.69) is 0 Å². The molecule has 0 saturated carbocycles. The summed E-state index contributed by atoms with van der Waals surface area (Å²) in [7, 11) is 0. The third-order valence-corrected chi connectivity index (χ3v) is 4.51. The van der Waals surface area contributed by atoms with Gasteiger partial charge in [0, 0.05) is 11.3 Å². The predicted molar refractivity (Wildman–Crippen MR) is 88.2 cm³/mol. The highest BCUT2D eigenvalue weighted by molar-refractivity contribution is 7.78. The van der Waals surface area contributed by atoms with Gasteiger partial charge >= 0.3 is 5.97 Å². The number of hydrogen-bond acceptors (Lipinski definition) is 4. The topological polar surface area (TPSA) is 66.4 Å². The van der Waals surface area contributed by atoms with Crippen LogP contribution in [0.25, 0.3) is 11.1 Å². The van der Waals surface area contributed by atoms with E-state index in [9.17, 15) is 17.9 Å². The van der Waals surface area contributed by atoms with E-state index in [0.717, 1.165) is 5.56 Å². The summed E-state index contributed by atoms with van der Waals surface area (Å²) in [5.41, 5.74) is 2.83. The zero-order valence-electron chi connectivity index (χ0n) is 12.3. The number of ether oxygens (including phenoxy) is 1. The monoisotopic (exact) mass is 365 g/mol. The van der Waals surface area contributed by atoms with Gasteiger partial charge < -0.3 is 9.29 Å². The van der Waals surface area contributed by atoms with E-state index in [0.29, 0.717) is 22.3 Å². The van der Waals surface area contributed by atoms with Crippen LogP contribution in [0.15, 0.2) is 42.5 Å². The average Bonchev–Trinajstić information content (AvgIpc) is 2.92. The molecule has 2 aromatic carbocycles. The highest BCUT2D eigenvalue weighted by atomic mass is 35.5. The molecule has 1 heterocycles. The van der Waals surface area contributed by atoms with Gasteiger partial charge in [0.15, 0.2) is 0 Å². The summed E-state index contributed by atoms with van der Waals surface area (Å²) in [6, 6.07) is 10.9. The lowest BCUT2D eigenvalue weighted by Crippen LogP contribution is -1.99. The Morgan fingerprint density at radius 3 is 2.46 bits per heavy atom. The first-order chi connectivity index (χ1) is 11.5. The van der Waals surface area contributed by atoms with Crippen molar-refractivity contribution in [2.45, 2.75) is 5.75 Å². The highest BCUT2D eigenvalue weighted by Crippen LogP contribution is 2.34. The number of esters is 1. The summed E-state index contributed by atoms with van der Waals surface area (Å²) in [6.07, 6.45) is 0. The van der Waals surface area contributed by atoms with E-state index in [1.54, 1.807) is 24.3 Å². The molecule has 0 saturated heterocycles. The molecule has 0 aliphatic carbocycles. The lowest BCUT2D eigenvalue weighted by atomic mass is 9.96. The second kappa shape index (κ2) is 6.84. The number of cyclic esters (lactones) is 1. The first kappa shape index (κ1) is 16.8. The minimum Gasteiger partial charge on any atom is -0.772 e. The lowest BCUT2D eigenvalue weighted by molar-refractivity contribution is -0.133. The van der Waals surface area contributed by atoms with Crippen molar-refractivity contribution in [2.24, 2.45) is 0 Å². The second-order valence-corrected chi connectivity index (χ2v) is 6.51. The predicted octanol–water partition coefficient (Wildman–Crippen LogP) is 3.33. The quantitative estimate of drug-likeness (QED) is 0.615. The molecular weight excluding hydrogens is 355 g/mol. The number of hydrogen-bond donors (Lipinski definition) is 0. The van der Waals surface area contributed by atoms with Crippen LogP contribution in [-0.2, 0) is 26.4 Å². The smallest absolute Gasteiger partial charge is 0.339 e. The number of rotatable bonds is 4. The van der Waals surface area contributed by atoms with E-state index < -0.39 is 22.9 Å². The van der Waals surface area contributed by atoms with Gasteiger partial charge in [0.2, 0.25) is 0 Å². The SMILES string of the molecule is O=C1OCC(c2ccc(CS(=O)[O-])cc2)=C1c1ccc(F)c(Cl)c1. The molecule has 0 aromatic heterocycles. The van der Waals surface area contributed by atoms with Gasteiger partial charge in [-0.2, -0.15) is 0 Å². The Bertz CT molecular complexity index is 861. The molecule has 1 unspecified atom stereocenters. The molecule has 1 atom stereocenters. The van der Waals surface area contributed by atoms with Crippen molar-refractivity contribution in [3.8, 4) is 0 Å². The third-order valence-electron chi connectivity index (χ3n) is 3.65. The molecule has 4 nitrogen and oxygen atoms in total. The van der Waals surface area contributed by atoms with E-state index in [1.165, 1.54) is 18.2 Å². The molecule has 2 aromatic rings. The van der Waals surface area contributed by atoms with E-state index in [-0.39, 0.29) is 17.4 Å². The van der Waals surface area contributed by atoms with Crippen molar-refractivity contribution >= 4 is 39.8 Å². The molecular formula is C17H11ClFO4S-. The fraction of sp³-hybridized carbons (Fsp3) is 0.118. The standard InChI is InChI=1S/C17H12ClFO4S/c18-14-7-12(5-6-15(14)19)16-13(8-23-17(16)20)11-3-1-10(2-4-11)9-24(21)22/h1-7H,8-9H2,(H,21,22)/p-1. The van der Waals surface area contributed by atoms with Gasteiger partial charge in [-0.1, -0.05) is 53.0 Å². The normalized spacial score (nSPS) is 15.5. The van der Waals surface area contributed by atoms with Crippen LogP contribution < -0.4 is 0 Å². The number of carbonyl (C=O) groups excluding carboxylic acids is 1. The van der Waals surface area contributed by atoms with Gasteiger partial charge in [-0.05, 0) is 28.8 Å². The third kappa shape index (κ3) is 3.40. The summed E-state index contributed by atoms with van der Waals surface area (Å²) in [5.74, 6) is -1.14. The molecule has 24 heavy (non-hydrogen) atoms. The Hall–Kier alpha value is -2.02. The molecule has 7 heteroatoms. The number of benzene rings is 2. The number of halogens is 2. The maximum Gasteiger partial charge on any atom is 0.339 e. The first-order valence-corrected chi connectivity index (χ1v) is 8.59. The molecule has 1 aliphatic heterocycles. The van der Waals surface area contributed by atoms with Crippen LogP contribution in [0.1, 0.15) is 16.7 Å². The van der Waals surface area contributed by atoms with Gasteiger partial charge in [-0.15, -0.1) is 0 Å². The molecule has 3 rings (SSSR count). The Morgan fingerprint density at radius 1 is 1.17 bits per heavy atom. The maximum absolute atomic E-state index is 13.3. The Kier molecular flexibility index (Phi) is 4.80. The van der Waals surface area contributed by atoms with Crippen molar-refractivity contribution in [2.75, 3.05) is 6.61 Å². The lowest BCUT2D eigenvalue weighted by Gasteiger charge is -2.08. The minimum atomic E-state index is -2.16. The van der Waals surface area contributed by atoms with Crippen molar-refractivity contribution in [3.05, 3.63) is 70.0 Å². The Balaban J connectivity index is 2.02. The van der Waals surface area contributed by atoms with E-state index in [4.69, 9.17) is 16.3 Å². The van der Waals surface area contributed by atoms with Gasteiger partial charge in [0.05, 0.1) is 10.6 Å². The summed E-state index contributed by atoms with van der Waals surface area (Å²) in [4.78, 5) is 12.1. The number of carbonyl (C=O) groups is 1. The van der Waals surface area contributed by atoms with Gasteiger partial charge in [-0.3, -0.25) is 4.21 Å². The average molecular weight is 366 g/mol. The molecule has 0 N–H and O–H groups in total. The van der Waals surface area contributed by atoms with Crippen molar-refractivity contribution in [1.29, 1.82) is 0 Å². The Labute approximate surface area is 145 Å². The summed E-state index contributed by atoms with van der Waals surface area (Å²) in [5, 5.41) is -0.0766. The summed E-state index contributed by atoms with van der Waals surface area (Å²) in [6.45, 7) is 0.0932. The molecule has 124 valence electrons. The fourth-order valence-corrected chi connectivity index (χ4v) is 3.16. The summed E-state index contributed by atoms with van der Waals surface area (Å²) >= 11 is 3.63. The second-order valence-electron chi connectivity index (χ2n) is 5.20. The van der Waals surface area contributed by atoms with Gasteiger partial charge in [-0.25, -0.2) is 9.18 Å². The first-order valence-electron chi connectivity index (χ1n) is 6.96. The van der Waals surface area contributed by atoms with Crippen LogP contribution in [-0.4, -0.2) is 21.3 Å². The molecule has 0 amide bonds. The van der Waals surface area contributed by atoms with Crippen LogP contribution in [0.3, 0.4) is 0 Å². The van der Waals surface area contributed by atoms with Crippen LogP contribution in [0.5, 0.6) is 0 Å². The van der Waals surface area contributed by atoms with E-state index in [1.807, 2.05) is 0 Å². The minimum absolute atomic E-state index is 0.0742. The van der Waals surface area contributed by atoms with Crippen LogP contribution >= 0.6 is 11.6 Å². The molecule has 0 radical (unpaired) electrons. The molecule has 1 aliphatic rings. The van der Waals surface area contributed by atoms with Crippen molar-refractivity contribution < 1.29 is 22.7 Å². The Morgan fingerprint density at radius 2 is 1.83 bits per heavy atom. The summed E-state index contributed by atoms with van der Waals surface area (Å²) < 4.78 is 39.9. The van der Waals surface area contributed by atoms with Crippen molar-refractivity contribution in [1.82, 2.24) is 0 Å². The molecule has 0 bridgehead atoms. The largest absolute Gasteiger partial charge is 0.772 e. The van der Waals surface area contributed by atoms with Gasteiger partial charge in [0.25, 0.3) is 0 Å². The molecule has 0 fully saturated rings.